The maximum Gasteiger partial charge on any atom is 0.306 e. The molecule has 0 heterocycles. The second kappa shape index (κ2) is 69.8. The summed E-state index contributed by atoms with van der Waals surface area (Å²) >= 11 is 0. The summed E-state index contributed by atoms with van der Waals surface area (Å²) in [7, 11) is 1.19. The van der Waals surface area contributed by atoms with Gasteiger partial charge in [-0.05, 0) is 44.9 Å². The largest absolute Gasteiger partial charge is 0.756 e. The maximum atomic E-state index is 12.9. The summed E-state index contributed by atoms with van der Waals surface area (Å²) in [6.07, 6.45) is 88.7. The summed E-state index contributed by atoms with van der Waals surface area (Å²) in [5, 5.41) is 0. The van der Waals surface area contributed by atoms with E-state index in [4.69, 9.17) is 18.5 Å². The Hall–Kier alpha value is -1.51. The van der Waals surface area contributed by atoms with Crippen molar-refractivity contribution >= 4 is 19.8 Å². The number of nitrogens with zero attached hydrogens (tertiary/aromatic N) is 1. The van der Waals surface area contributed by atoms with E-state index in [1.807, 2.05) is 21.1 Å². The third kappa shape index (κ3) is 73.5. The molecule has 0 radical (unpaired) electrons. The Bertz CT molecular complexity index is 1530. The van der Waals surface area contributed by atoms with Gasteiger partial charge in [0, 0.05) is 12.8 Å². The lowest BCUT2D eigenvalue weighted by atomic mass is 10.0. The van der Waals surface area contributed by atoms with Crippen LogP contribution in [-0.4, -0.2) is 70.0 Å². The third-order valence-corrected chi connectivity index (χ3v) is 18.9. The molecular formula is C78H152NO8P. The van der Waals surface area contributed by atoms with Crippen molar-refractivity contribution in [2.45, 2.75) is 418 Å². The van der Waals surface area contributed by atoms with Crippen molar-refractivity contribution in [1.82, 2.24) is 0 Å². The van der Waals surface area contributed by atoms with Gasteiger partial charge in [0.1, 0.15) is 19.8 Å². The number of rotatable bonds is 74. The molecule has 0 fully saturated rings. The number of likely N-dealkylation sites (N-methyl/N-ethyl adjacent to an activating group) is 1. The number of carbonyl (C=O) groups excluding carboxylic acids is 2. The number of ether oxygens (including phenoxy) is 2. The number of quaternary nitrogens is 1. The lowest BCUT2D eigenvalue weighted by molar-refractivity contribution is -0.870. The van der Waals surface area contributed by atoms with Crippen molar-refractivity contribution < 1.29 is 42.1 Å². The predicted octanol–water partition coefficient (Wildman–Crippen LogP) is 25.0. The zero-order chi connectivity index (χ0) is 64.1. The molecule has 0 spiro atoms. The first-order chi connectivity index (χ1) is 43.0. The number of allylic oxidation sites excluding steroid dienone is 4. The van der Waals surface area contributed by atoms with Crippen LogP contribution in [-0.2, 0) is 32.7 Å². The van der Waals surface area contributed by atoms with Crippen molar-refractivity contribution in [2.75, 3.05) is 47.5 Å². The standard InChI is InChI=1S/C78H152NO8P/c1-6-8-10-12-14-16-18-20-22-24-26-28-30-32-34-36-38-39-41-43-45-47-49-51-53-55-57-59-61-63-65-67-69-71-78(81)87-76(75-86-88(82,83)85-73-72-79(3,4)5)74-84-77(80)70-68-66-64-62-60-58-56-54-52-50-48-46-44-42-40-37-35-33-31-29-27-25-23-21-19-17-15-13-11-9-7-2/h18,20,24,26,76H,6-17,19,21-23,25,27-75H2,1-5H3/b20-18-,26-24-. The van der Waals surface area contributed by atoms with E-state index in [0.717, 1.165) is 38.5 Å². The van der Waals surface area contributed by atoms with Crippen LogP contribution in [0.1, 0.15) is 412 Å². The molecule has 522 valence electrons. The quantitative estimate of drug-likeness (QED) is 0.0195. The zero-order valence-electron chi connectivity index (χ0n) is 59.7. The molecule has 9 nitrogen and oxygen atoms in total. The molecule has 2 atom stereocenters. The summed E-state index contributed by atoms with van der Waals surface area (Å²) < 4.78 is 34.4. The number of phosphoric acid groups is 1. The molecule has 0 amide bonds. The van der Waals surface area contributed by atoms with Crippen molar-refractivity contribution in [3.05, 3.63) is 24.3 Å². The minimum atomic E-state index is -4.64. The number of unbranched alkanes of at least 4 members (excludes halogenated alkanes) is 56. The van der Waals surface area contributed by atoms with Crippen molar-refractivity contribution in [3.8, 4) is 0 Å². The van der Waals surface area contributed by atoms with Gasteiger partial charge in [-0.3, -0.25) is 14.2 Å². The highest BCUT2D eigenvalue weighted by Crippen LogP contribution is 2.38. The highest BCUT2D eigenvalue weighted by molar-refractivity contribution is 7.45. The fourth-order valence-electron chi connectivity index (χ4n) is 12.0. The molecule has 0 aromatic heterocycles. The highest BCUT2D eigenvalue weighted by atomic mass is 31.2. The molecule has 0 aromatic rings. The molecule has 0 aliphatic rings. The number of hydrogen-bond acceptors (Lipinski definition) is 8. The van der Waals surface area contributed by atoms with Gasteiger partial charge in [-0.25, -0.2) is 0 Å². The van der Waals surface area contributed by atoms with Crippen LogP contribution in [0.3, 0.4) is 0 Å². The van der Waals surface area contributed by atoms with E-state index in [1.54, 1.807) is 0 Å². The molecule has 88 heavy (non-hydrogen) atoms. The predicted molar refractivity (Wildman–Crippen MR) is 379 cm³/mol. The molecular weight excluding hydrogens is 1110 g/mol. The van der Waals surface area contributed by atoms with Crippen LogP contribution >= 0.6 is 7.82 Å². The summed E-state index contributed by atoms with van der Waals surface area (Å²) in [6, 6.07) is 0. The first-order valence-electron chi connectivity index (χ1n) is 39.0. The van der Waals surface area contributed by atoms with Gasteiger partial charge in [-0.15, -0.1) is 0 Å². The topological polar surface area (TPSA) is 111 Å². The van der Waals surface area contributed by atoms with Gasteiger partial charge in [0.05, 0.1) is 27.7 Å². The molecule has 10 heteroatoms. The van der Waals surface area contributed by atoms with Crippen LogP contribution in [0.15, 0.2) is 24.3 Å². The van der Waals surface area contributed by atoms with E-state index in [9.17, 15) is 19.0 Å². The molecule has 0 saturated carbocycles. The SMILES string of the molecule is CCCCCCC/C=C\C/C=C\CCCCCCCCCCCCCCCCCCCCCCCC(=O)OC(COC(=O)CCCCCCCCCCCCCCCCCCCCCCCCCCCCCCCCC)COP(=O)([O-])OCC[N+](C)(C)C. The van der Waals surface area contributed by atoms with Gasteiger partial charge < -0.3 is 27.9 Å². The van der Waals surface area contributed by atoms with Crippen LogP contribution in [0.25, 0.3) is 0 Å². The molecule has 0 bridgehead atoms. The van der Waals surface area contributed by atoms with Crippen molar-refractivity contribution in [2.24, 2.45) is 0 Å². The molecule has 0 aliphatic heterocycles. The van der Waals surface area contributed by atoms with E-state index in [0.29, 0.717) is 17.4 Å². The average Bonchev–Trinajstić information content (AvgIpc) is 3.56. The summed E-state index contributed by atoms with van der Waals surface area (Å²) in [6.45, 7) is 4.32. The van der Waals surface area contributed by atoms with Gasteiger partial charge >= 0.3 is 11.9 Å². The Morgan fingerprint density at radius 3 is 0.898 bits per heavy atom. The van der Waals surface area contributed by atoms with Crippen LogP contribution < -0.4 is 4.89 Å². The van der Waals surface area contributed by atoms with Gasteiger partial charge in [-0.2, -0.15) is 0 Å². The van der Waals surface area contributed by atoms with Gasteiger partial charge in [0.25, 0.3) is 7.82 Å². The Labute approximate surface area is 549 Å². The number of carbonyl (C=O) groups is 2. The molecule has 0 aromatic carbocycles. The van der Waals surface area contributed by atoms with E-state index in [1.165, 1.54) is 340 Å². The van der Waals surface area contributed by atoms with E-state index < -0.39 is 26.5 Å². The molecule has 0 aliphatic carbocycles. The minimum Gasteiger partial charge on any atom is -0.756 e. The lowest BCUT2D eigenvalue weighted by Crippen LogP contribution is -2.37. The molecule has 0 rings (SSSR count). The summed E-state index contributed by atoms with van der Waals surface area (Å²) in [4.78, 5) is 38.1. The smallest absolute Gasteiger partial charge is 0.306 e. The second-order valence-electron chi connectivity index (χ2n) is 28.1. The van der Waals surface area contributed by atoms with Crippen molar-refractivity contribution in [1.29, 1.82) is 0 Å². The monoisotopic (exact) mass is 1260 g/mol. The van der Waals surface area contributed by atoms with Crippen LogP contribution in [0.5, 0.6) is 0 Å². The minimum absolute atomic E-state index is 0.0264. The molecule has 2 unspecified atom stereocenters. The fourth-order valence-corrected chi connectivity index (χ4v) is 12.7. The van der Waals surface area contributed by atoms with Crippen molar-refractivity contribution in [3.63, 3.8) is 0 Å². The first kappa shape index (κ1) is 86.5. The van der Waals surface area contributed by atoms with E-state index >= 15 is 0 Å². The van der Waals surface area contributed by atoms with Crippen LogP contribution in [0, 0.1) is 0 Å². The van der Waals surface area contributed by atoms with E-state index in [-0.39, 0.29) is 32.0 Å². The number of esters is 2. The lowest BCUT2D eigenvalue weighted by Gasteiger charge is -2.28. The maximum absolute atomic E-state index is 12.9. The average molecular weight is 1260 g/mol. The van der Waals surface area contributed by atoms with Gasteiger partial charge in [0.2, 0.25) is 0 Å². The summed E-state index contributed by atoms with van der Waals surface area (Å²) in [5.41, 5.74) is 0. The van der Waals surface area contributed by atoms with Crippen LogP contribution in [0.2, 0.25) is 0 Å². The molecule has 0 saturated heterocycles. The third-order valence-electron chi connectivity index (χ3n) is 18.0. The highest BCUT2D eigenvalue weighted by Gasteiger charge is 2.22. The Kier molecular flexibility index (Phi) is 68.6. The van der Waals surface area contributed by atoms with Gasteiger partial charge in [0.15, 0.2) is 6.10 Å². The Morgan fingerprint density at radius 2 is 0.614 bits per heavy atom. The second-order valence-corrected chi connectivity index (χ2v) is 29.5. The Balaban J connectivity index is 3.92. The molecule has 0 N–H and O–H groups in total. The van der Waals surface area contributed by atoms with E-state index in [2.05, 4.69) is 38.2 Å². The normalized spacial score (nSPS) is 13.1. The zero-order valence-corrected chi connectivity index (χ0v) is 60.6. The Morgan fingerprint density at radius 1 is 0.352 bits per heavy atom. The summed E-state index contributed by atoms with van der Waals surface area (Å²) in [5.74, 6) is -0.805. The number of hydrogen-bond donors (Lipinski definition) is 0. The first-order valence-corrected chi connectivity index (χ1v) is 40.5. The van der Waals surface area contributed by atoms with Crippen LogP contribution in [0.4, 0.5) is 0 Å². The fraction of sp³-hybridized carbons (Fsp3) is 0.923. The van der Waals surface area contributed by atoms with Gasteiger partial charge in [-0.1, -0.05) is 378 Å². The number of phosphoric ester groups is 1.